The highest BCUT2D eigenvalue weighted by atomic mass is 19.1. The predicted octanol–water partition coefficient (Wildman–Crippen LogP) is 6.53. The molecule has 2 amide bonds. The molecule has 5 heteroatoms. The van der Waals surface area contributed by atoms with Gasteiger partial charge in [0.05, 0.1) is 11.3 Å². The minimum atomic E-state index is -0.460. The first-order chi connectivity index (χ1) is 17.1. The predicted molar refractivity (Wildman–Crippen MR) is 137 cm³/mol. The van der Waals surface area contributed by atoms with Crippen LogP contribution in [-0.2, 0) is 9.59 Å². The molecular weight excluding hydrogens is 439 g/mol. The smallest absolute Gasteiger partial charge is 0.282 e. The molecule has 0 saturated heterocycles. The molecule has 168 valence electrons. The van der Waals surface area contributed by atoms with Gasteiger partial charge in [0.25, 0.3) is 11.8 Å². The number of carbonyl (C=O) groups is 2. The molecule has 0 saturated carbocycles. The Morgan fingerprint density at radius 1 is 0.600 bits per heavy atom. The second-order valence-corrected chi connectivity index (χ2v) is 8.35. The fourth-order valence-electron chi connectivity index (χ4n) is 4.62. The number of imide groups is 1. The van der Waals surface area contributed by atoms with Crippen molar-refractivity contribution < 1.29 is 14.0 Å². The fraction of sp³-hybridized carbons (Fsp3) is 0. The van der Waals surface area contributed by atoms with Crippen LogP contribution in [0.2, 0.25) is 0 Å². The van der Waals surface area contributed by atoms with E-state index in [1.165, 1.54) is 29.2 Å². The van der Waals surface area contributed by atoms with Crippen molar-refractivity contribution >= 4 is 50.3 Å². The molecule has 5 aromatic rings. The number of nitrogens with one attached hydrogen (secondary N) is 1. The summed E-state index contributed by atoms with van der Waals surface area (Å²) in [5.41, 5.74) is 2.04. The van der Waals surface area contributed by atoms with Crippen LogP contribution in [-0.4, -0.2) is 11.8 Å². The molecule has 5 aromatic carbocycles. The van der Waals surface area contributed by atoms with E-state index in [0.29, 0.717) is 16.9 Å². The van der Waals surface area contributed by atoms with E-state index in [-0.39, 0.29) is 11.3 Å². The first kappa shape index (κ1) is 20.8. The van der Waals surface area contributed by atoms with Crippen LogP contribution in [0.1, 0.15) is 5.56 Å². The Bertz CT molecular complexity index is 1660. The van der Waals surface area contributed by atoms with Gasteiger partial charge in [0.2, 0.25) is 0 Å². The third-order valence-corrected chi connectivity index (χ3v) is 6.27. The number of amides is 2. The zero-order valence-corrected chi connectivity index (χ0v) is 18.5. The molecular formula is C30H19FN2O2. The van der Waals surface area contributed by atoms with Crippen molar-refractivity contribution in [3.05, 3.63) is 126 Å². The van der Waals surface area contributed by atoms with Gasteiger partial charge in [0.15, 0.2) is 0 Å². The molecule has 0 bridgehead atoms. The molecule has 0 fully saturated rings. The summed E-state index contributed by atoms with van der Waals surface area (Å²) >= 11 is 0. The molecule has 1 N–H and O–H groups in total. The number of hydrogen-bond acceptors (Lipinski definition) is 3. The molecule has 1 aliphatic rings. The second kappa shape index (κ2) is 8.22. The van der Waals surface area contributed by atoms with Crippen molar-refractivity contribution in [1.82, 2.24) is 0 Å². The van der Waals surface area contributed by atoms with Crippen molar-refractivity contribution in [2.24, 2.45) is 0 Å². The highest BCUT2D eigenvalue weighted by molar-refractivity contribution is 6.47. The van der Waals surface area contributed by atoms with E-state index in [0.717, 1.165) is 21.5 Å². The van der Waals surface area contributed by atoms with E-state index >= 15 is 0 Å². The second-order valence-electron chi connectivity index (χ2n) is 8.35. The zero-order valence-electron chi connectivity index (χ0n) is 18.5. The summed E-state index contributed by atoms with van der Waals surface area (Å²) in [5.74, 6) is -1.33. The number of nitrogens with zero attached hydrogens (tertiary/aromatic N) is 1. The summed E-state index contributed by atoms with van der Waals surface area (Å²) < 4.78 is 13.7. The minimum absolute atomic E-state index is 0.158. The number of halogens is 1. The molecule has 6 rings (SSSR count). The van der Waals surface area contributed by atoms with Gasteiger partial charge in [-0.25, -0.2) is 9.29 Å². The summed E-state index contributed by atoms with van der Waals surface area (Å²) in [6, 6.07) is 32.3. The molecule has 35 heavy (non-hydrogen) atoms. The van der Waals surface area contributed by atoms with Gasteiger partial charge in [-0.2, -0.15) is 0 Å². The SMILES string of the molecule is O=C1C(Nc2cccc3ccccc23)=C(c2ccc(F)cc2)C(=O)N1c1cccc2ccccc12. The van der Waals surface area contributed by atoms with Crippen molar-refractivity contribution in [3.8, 4) is 0 Å². The quantitative estimate of drug-likeness (QED) is 0.312. The highest BCUT2D eigenvalue weighted by Crippen LogP contribution is 2.37. The number of hydrogen-bond donors (Lipinski definition) is 1. The molecule has 0 atom stereocenters. The monoisotopic (exact) mass is 458 g/mol. The molecule has 0 aliphatic carbocycles. The fourth-order valence-corrected chi connectivity index (χ4v) is 4.62. The number of benzene rings is 5. The molecule has 0 unspecified atom stereocenters. The Morgan fingerprint density at radius 2 is 1.20 bits per heavy atom. The Morgan fingerprint density at radius 3 is 1.94 bits per heavy atom. The van der Waals surface area contributed by atoms with Gasteiger partial charge < -0.3 is 5.32 Å². The van der Waals surface area contributed by atoms with Gasteiger partial charge in [-0.1, -0.05) is 84.9 Å². The van der Waals surface area contributed by atoms with E-state index < -0.39 is 17.6 Å². The van der Waals surface area contributed by atoms with Crippen LogP contribution in [0.5, 0.6) is 0 Å². The van der Waals surface area contributed by atoms with Gasteiger partial charge in [-0.3, -0.25) is 9.59 Å². The number of rotatable bonds is 4. The van der Waals surface area contributed by atoms with Crippen molar-refractivity contribution in [2.45, 2.75) is 0 Å². The van der Waals surface area contributed by atoms with Gasteiger partial charge in [-0.05, 0) is 40.6 Å². The van der Waals surface area contributed by atoms with Gasteiger partial charge >= 0.3 is 0 Å². The van der Waals surface area contributed by atoms with E-state index in [4.69, 9.17) is 0 Å². The lowest BCUT2D eigenvalue weighted by atomic mass is 10.0. The number of fused-ring (bicyclic) bond motifs is 2. The Kier molecular flexibility index (Phi) is 4.89. The maximum absolute atomic E-state index is 13.9. The highest BCUT2D eigenvalue weighted by Gasteiger charge is 2.41. The van der Waals surface area contributed by atoms with Crippen LogP contribution in [0.4, 0.5) is 15.8 Å². The molecule has 1 heterocycles. The van der Waals surface area contributed by atoms with Crippen LogP contribution >= 0.6 is 0 Å². The summed E-state index contributed by atoms with van der Waals surface area (Å²) in [5, 5.41) is 6.89. The first-order valence-corrected chi connectivity index (χ1v) is 11.2. The average Bonchev–Trinajstić information content (AvgIpc) is 3.13. The average molecular weight is 458 g/mol. The van der Waals surface area contributed by atoms with Crippen molar-refractivity contribution in [2.75, 3.05) is 10.2 Å². The van der Waals surface area contributed by atoms with Gasteiger partial charge in [-0.15, -0.1) is 0 Å². The van der Waals surface area contributed by atoms with Crippen molar-refractivity contribution in [1.29, 1.82) is 0 Å². The standard InChI is InChI=1S/C30H19FN2O2/c31-22-17-15-21(16-18-22)27-28(32-25-13-5-9-19-7-1-3-11-23(19)25)30(35)33(29(27)34)26-14-6-10-20-8-2-4-12-24(20)26/h1-18,32H. The van der Waals surface area contributed by atoms with E-state index in [9.17, 15) is 14.0 Å². The summed E-state index contributed by atoms with van der Waals surface area (Å²) in [6.45, 7) is 0. The number of carbonyl (C=O) groups excluding carboxylic acids is 2. The summed E-state index contributed by atoms with van der Waals surface area (Å²) in [7, 11) is 0. The van der Waals surface area contributed by atoms with E-state index in [1.54, 1.807) is 6.07 Å². The Labute approximate surface area is 200 Å². The molecule has 0 spiro atoms. The lowest BCUT2D eigenvalue weighted by molar-refractivity contribution is -0.120. The zero-order chi connectivity index (χ0) is 23.9. The third kappa shape index (κ3) is 3.45. The van der Waals surface area contributed by atoms with Crippen LogP contribution in [0.25, 0.3) is 27.1 Å². The lowest BCUT2D eigenvalue weighted by Gasteiger charge is -2.18. The summed E-state index contributed by atoms with van der Waals surface area (Å²) in [4.78, 5) is 28.9. The lowest BCUT2D eigenvalue weighted by Crippen LogP contribution is -2.32. The van der Waals surface area contributed by atoms with E-state index in [2.05, 4.69) is 5.32 Å². The third-order valence-electron chi connectivity index (χ3n) is 6.27. The minimum Gasteiger partial charge on any atom is -0.350 e. The van der Waals surface area contributed by atoms with Crippen LogP contribution in [0, 0.1) is 5.82 Å². The molecule has 1 aliphatic heterocycles. The largest absolute Gasteiger partial charge is 0.350 e. The molecule has 0 radical (unpaired) electrons. The molecule has 4 nitrogen and oxygen atoms in total. The summed E-state index contributed by atoms with van der Waals surface area (Å²) in [6.07, 6.45) is 0. The maximum Gasteiger partial charge on any atom is 0.282 e. The topological polar surface area (TPSA) is 49.4 Å². The normalized spacial score (nSPS) is 13.8. The Balaban J connectivity index is 1.53. The van der Waals surface area contributed by atoms with Crippen LogP contribution in [0.3, 0.4) is 0 Å². The van der Waals surface area contributed by atoms with Crippen molar-refractivity contribution in [3.63, 3.8) is 0 Å². The van der Waals surface area contributed by atoms with Crippen LogP contribution in [0.15, 0.2) is 115 Å². The maximum atomic E-state index is 13.9. The molecule has 0 aromatic heterocycles. The van der Waals surface area contributed by atoms with Crippen LogP contribution < -0.4 is 10.2 Å². The van der Waals surface area contributed by atoms with E-state index in [1.807, 2.05) is 78.9 Å². The Hall–Kier alpha value is -4.77. The van der Waals surface area contributed by atoms with Gasteiger partial charge in [0.1, 0.15) is 11.5 Å². The first-order valence-electron chi connectivity index (χ1n) is 11.2. The van der Waals surface area contributed by atoms with Gasteiger partial charge in [0, 0.05) is 16.5 Å². The number of anilines is 2.